The van der Waals surface area contributed by atoms with Crippen LogP contribution in [0.25, 0.3) is 0 Å². The van der Waals surface area contributed by atoms with Gasteiger partial charge in [0, 0.05) is 0 Å². The molecule has 0 heterocycles. The molecule has 0 radical (unpaired) electrons. The molecule has 14 heavy (non-hydrogen) atoms. The summed E-state index contributed by atoms with van der Waals surface area (Å²) in [6.07, 6.45) is 13.3. The highest BCUT2D eigenvalue weighted by Crippen LogP contribution is 1.99. The summed E-state index contributed by atoms with van der Waals surface area (Å²) in [5, 5.41) is 0. The predicted molar refractivity (Wildman–Crippen MR) is 63.2 cm³/mol. The molecular formula is C14H16. The molecule has 0 bridgehead atoms. The van der Waals surface area contributed by atoms with E-state index < -0.39 is 0 Å². The first-order valence-electron chi connectivity index (χ1n) is 4.92. The first-order chi connectivity index (χ1) is 6.93. The van der Waals surface area contributed by atoms with Crippen molar-refractivity contribution in [3.8, 4) is 0 Å². The maximum Gasteiger partial charge on any atom is -0.00943 e. The number of rotatable bonds is 4. The molecule has 0 heteroatoms. The molecule has 0 aliphatic rings. The zero-order valence-electron chi connectivity index (χ0n) is 8.56. The molecule has 0 aromatic heterocycles. The van der Waals surface area contributed by atoms with Gasteiger partial charge in [-0.2, -0.15) is 0 Å². The molecule has 0 N–H and O–H groups in total. The minimum atomic E-state index is 1.00. The average Bonchev–Trinajstić information content (AvgIpc) is 2.25. The van der Waals surface area contributed by atoms with Crippen LogP contribution in [0.3, 0.4) is 0 Å². The molecule has 0 atom stereocenters. The summed E-state index contributed by atoms with van der Waals surface area (Å²) in [4.78, 5) is 0. The second kappa shape index (κ2) is 6.90. The fourth-order valence-corrected chi connectivity index (χ4v) is 1.14. The Bertz CT molecular complexity index is 315. The minimum absolute atomic E-state index is 1.00. The summed E-state index contributed by atoms with van der Waals surface area (Å²) in [6, 6.07) is 10.5. The van der Waals surface area contributed by atoms with Crippen molar-refractivity contribution in [3.05, 3.63) is 72.4 Å². The van der Waals surface area contributed by atoms with E-state index in [0.717, 1.165) is 6.42 Å². The third kappa shape index (κ3) is 4.46. The van der Waals surface area contributed by atoms with E-state index in [9.17, 15) is 0 Å². The Labute approximate surface area is 86.3 Å². The Morgan fingerprint density at radius 1 is 0.929 bits per heavy atom. The molecule has 0 saturated carbocycles. The van der Waals surface area contributed by atoms with Gasteiger partial charge in [-0.15, -0.1) is 0 Å². The van der Waals surface area contributed by atoms with Gasteiger partial charge in [0.05, 0.1) is 0 Å². The highest BCUT2D eigenvalue weighted by Gasteiger charge is 1.83. The summed E-state index contributed by atoms with van der Waals surface area (Å²) in [7, 11) is 0. The summed E-state index contributed by atoms with van der Waals surface area (Å²) in [6.45, 7) is 2.01. The van der Waals surface area contributed by atoms with Gasteiger partial charge in [-0.1, -0.05) is 66.8 Å². The Balaban J connectivity index is 2.34. The van der Waals surface area contributed by atoms with Gasteiger partial charge in [0.25, 0.3) is 0 Å². The van der Waals surface area contributed by atoms with Gasteiger partial charge in [0.15, 0.2) is 0 Å². The van der Waals surface area contributed by atoms with Gasteiger partial charge in [-0.25, -0.2) is 0 Å². The lowest BCUT2D eigenvalue weighted by Crippen LogP contribution is -1.77. The zero-order chi connectivity index (χ0) is 10.1. The topological polar surface area (TPSA) is 0 Å². The summed E-state index contributed by atoms with van der Waals surface area (Å²) >= 11 is 0. The third-order valence-electron chi connectivity index (χ3n) is 1.86. The first-order valence-corrected chi connectivity index (χ1v) is 4.92. The van der Waals surface area contributed by atoms with Crippen molar-refractivity contribution in [2.75, 3.05) is 0 Å². The van der Waals surface area contributed by atoms with E-state index in [1.807, 2.05) is 37.3 Å². The maximum atomic E-state index is 2.16. The number of benzene rings is 1. The molecule has 0 fully saturated rings. The van der Waals surface area contributed by atoms with Crippen LogP contribution in [0.4, 0.5) is 0 Å². The Kier molecular flexibility index (Phi) is 5.19. The predicted octanol–water partition coefficient (Wildman–Crippen LogP) is 3.92. The molecule has 1 aromatic carbocycles. The van der Waals surface area contributed by atoms with Gasteiger partial charge in [-0.05, 0) is 18.9 Å². The largest absolute Gasteiger partial charge is 0.0877 e. The molecule has 72 valence electrons. The van der Waals surface area contributed by atoms with Crippen LogP contribution in [-0.2, 0) is 6.42 Å². The molecule has 0 spiro atoms. The normalized spacial score (nSPS) is 12.1. The lowest BCUT2D eigenvalue weighted by atomic mass is 10.1. The Morgan fingerprint density at radius 3 is 2.36 bits per heavy atom. The second-order valence-corrected chi connectivity index (χ2v) is 3.03. The van der Waals surface area contributed by atoms with Crippen LogP contribution >= 0.6 is 0 Å². The number of allylic oxidation sites excluding steroid dienone is 6. The lowest BCUT2D eigenvalue weighted by Gasteiger charge is -1.92. The molecule has 0 unspecified atom stereocenters. The monoisotopic (exact) mass is 184 g/mol. The SMILES string of the molecule is C/C=C/C=C\C=C/Cc1ccccc1. The van der Waals surface area contributed by atoms with Crippen molar-refractivity contribution in [2.45, 2.75) is 13.3 Å². The minimum Gasteiger partial charge on any atom is -0.0877 e. The van der Waals surface area contributed by atoms with Crippen molar-refractivity contribution in [2.24, 2.45) is 0 Å². The van der Waals surface area contributed by atoms with E-state index in [-0.39, 0.29) is 0 Å². The highest BCUT2D eigenvalue weighted by molar-refractivity contribution is 5.19. The van der Waals surface area contributed by atoms with Crippen LogP contribution in [0, 0.1) is 0 Å². The van der Waals surface area contributed by atoms with E-state index in [0.29, 0.717) is 0 Å². The van der Waals surface area contributed by atoms with Gasteiger partial charge >= 0.3 is 0 Å². The molecule has 0 saturated heterocycles. The van der Waals surface area contributed by atoms with Crippen LogP contribution < -0.4 is 0 Å². The molecule has 0 aliphatic carbocycles. The number of hydrogen-bond donors (Lipinski definition) is 0. The van der Waals surface area contributed by atoms with Crippen molar-refractivity contribution in [1.82, 2.24) is 0 Å². The zero-order valence-corrected chi connectivity index (χ0v) is 8.56. The molecular weight excluding hydrogens is 168 g/mol. The standard InChI is InChI=1S/C14H16/c1-2-3-4-5-6-8-11-14-12-9-7-10-13-14/h2-10,12-13H,11H2,1H3/b3-2+,5-4-,8-6-. The van der Waals surface area contributed by atoms with Gasteiger partial charge in [0.2, 0.25) is 0 Å². The van der Waals surface area contributed by atoms with E-state index in [2.05, 4.69) is 36.4 Å². The van der Waals surface area contributed by atoms with E-state index >= 15 is 0 Å². The second-order valence-electron chi connectivity index (χ2n) is 3.03. The lowest BCUT2D eigenvalue weighted by molar-refractivity contribution is 1.27. The van der Waals surface area contributed by atoms with E-state index in [4.69, 9.17) is 0 Å². The molecule has 1 aromatic rings. The Hall–Kier alpha value is -1.56. The van der Waals surface area contributed by atoms with Crippen molar-refractivity contribution < 1.29 is 0 Å². The third-order valence-corrected chi connectivity index (χ3v) is 1.86. The quantitative estimate of drug-likeness (QED) is 0.622. The Morgan fingerprint density at radius 2 is 1.64 bits per heavy atom. The number of hydrogen-bond acceptors (Lipinski definition) is 0. The van der Waals surface area contributed by atoms with Crippen LogP contribution in [0.1, 0.15) is 12.5 Å². The first kappa shape index (κ1) is 10.5. The molecule has 0 amide bonds. The smallest absolute Gasteiger partial charge is 0.00943 e. The van der Waals surface area contributed by atoms with E-state index in [1.54, 1.807) is 0 Å². The van der Waals surface area contributed by atoms with Crippen molar-refractivity contribution in [1.29, 1.82) is 0 Å². The van der Waals surface area contributed by atoms with E-state index in [1.165, 1.54) is 5.56 Å². The summed E-state index contributed by atoms with van der Waals surface area (Å²) in [5.74, 6) is 0. The molecule has 1 rings (SSSR count). The summed E-state index contributed by atoms with van der Waals surface area (Å²) < 4.78 is 0. The highest BCUT2D eigenvalue weighted by atomic mass is 13.9. The summed E-state index contributed by atoms with van der Waals surface area (Å²) in [5.41, 5.74) is 1.35. The van der Waals surface area contributed by atoms with Crippen molar-refractivity contribution in [3.63, 3.8) is 0 Å². The van der Waals surface area contributed by atoms with Gasteiger partial charge in [-0.3, -0.25) is 0 Å². The van der Waals surface area contributed by atoms with Gasteiger partial charge in [0.1, 0.15) is 0 Å². The maximum absolute atomic E-state index is 2.16. The van der Waals surface area contributed by atoms with Crippen molar-refractivity contribution >= 4 is 0 Å². The van der Waals surface area contributed by atoms with Crippen LogP contribution in [0.2, 0.25) is 0 Å². The van der Waals surface area contributed by atoms with Crippen LogP contribution in [0.5, 0.6) is 0 Å². The van der Waals surface area contributed by atoms with Crippen LogP contribution in [0.15, 0.2) is 66.8 Å². The average molecular weight is 184 g/mol. The van der Waals surface area contributed by atoms with Crippen LogP contribution in [-0.4, -0.2) is 0 Å². The van der Waals surface area contributed by atoms with Gasteiger partial charge < -0.3 is 0 Å². The molecule has 0 nitrogen and oxygen atoms in total. The fourth-order valence-electron chi connectivity index (χ4n) is 1.14. The fraction of sp³-hybridized carbons (Fsp3) is 0.143. The molecule has 0 aliphatic heterocycles.